The Hall–Kier alpha value is -1.66. The average Bonchev–Trinajstić information content (AvgIpc) is 2.42. The highest BCUT2D eigenvalue weighted by atomic mass is 19.1. The lowest BCUT2D eigenvalue weighted by Gasteiger charge is -2.30. The summed E-state index contributed by atoms with van der Waals surface area (Å²) in [5, 5.41) is 4.35. The predicted molar refractivity (Wildman–Crippen MR) is 70.8 cm³/mol. The van der Waals surface area contributed by atoms with Gasteiger partial charge in [-0.05, 0) is 38.0 Å². The second-order valence-electron chi connectivity index (χ2n) is 4.58. The monoisotopic (exact) mass is 267 g/mol. The molecule has 1 aromatic rings. The lowest BCUT2D eigenvalue weighted by atomic mass is 10.2. The molecule has 1 aromatic carbocycles. The van der Waals surface area contributed by atoms with E-state index in [1.807, 2.05) is 0 Å². The summed E-state index contributed by atoms with van der Waals surface area (Å²) in [7, 11) is 0. The van der Waals surface area contributed by atoms with Gasteiger partial charge < -0.3 is 11.1 Å². The smallest absolute Gasteiger partial charge is 0.243 e. The molecule has 6 heteroatoms. The standard InChI is InChI=1S/C13H18FN3O2/c1-9(17-6-2-3-7-19-17)13(18)16-12-5-4-10(14)8-11(12)15/h4-5,8-9H,2-3,6-7,15H2,1H3,(H,16,18). The van der Waals surface area contributed by atoms with E-state index in [1.165, 1.54) is 18.2 Å². The molecule has 0 aliphatic carbocycles. The zero-order valence-electron chi connectivity index (χ0n) is 10.9. The van der Waals surface area contributed by atoms with Crippen molar-refractivity contribution in [3.63, 3.8) is 0 Å². The number of nitrogens with zero attached hydrogens (tertiary/aromatic N) is 1. The minimum absolute atomic E-state index is 0.208. The maximum Gasteiger partial charge on any atom is 0.243 e. The van der Waals surface area contributed by atoms with Gasteiger partial charge in [-0.3, -0.25) is 9.63 Å². The van der Waals surface area contributed by atoms with Gasteiger partial charge in [0.05, 0.1) is 18.0 Å². The molecule has 1 fully saturated rings. The van der Waals surface area contributed by atoms with Crippen LogP contribution in [0.15, 0.2) is 18.2 Å². The van der Waals surface area contributed by atoms with E-state index in [2.05, 4.69) is 5.32 Å². The van der Waals surface area contributed by atoms with Gasteiger partial charge in [0.2, 0.25) is 5.91 Å². The lowest BCUT2D eigenvalue weighted by molar-refractivity contribution is -0.202. The number of amides is 1. The van der Waals surface area contributed by atoms with Crippen molar-refractivity contribution in [1.82, 2.24) is 5.06 Å². The average molecular weight is 267 g/mol. The molecular formula is C13H18FN3O2. The summed E-state index contributed by atoms with van der Waals surface area (Å²) >= 11 is 0. The molecule has 0 saturated carbocycles. The van der Waals surface area contributed by atoms with Crippen LogP contribution in [0.5, 0.6) is 0 Å². The fraction of sp³-hybridized carbons (Fsp3) is 0.462. The van der Waals surface area contributed by atoms with Crippen molar-refractivity contribution in [2.75, 3.05) is 24.2 Å². The highest BCUT2D eigenvalue weighted by Gasteiger charge is 2.24. The Morgan fingerprint density at radius 2 is 2.32 bits per heavy atom. The quantitative estimate of drug-likeness (QED) is 0.819. The SMILES string of the molecule is CC(C(=O)Nc1ccc(F)cc1N)N1CCCCO1. The lowest BCUT2D eigenvalue weighted by Crippen LogP contribution is -2.44. The van der Waals surface area contributed by atoms with E-state index in [0.717, 1.165) is 19.4 Å². The van der Waals surface area contributed by atoms with Crippen LogP contribution in [0.1, 0.15) is 19.8 Å². The van der Waals surface area contributed by atoms with Crippen molar-refractivity contribution in [1.29, 1.82) is 0 Å². The summed E-state index contributed by atoms with van der Waals surface area (Å²) in [6.07, 6.45) is 2.02. The number of halogens is 1. The van der Waals surface area contributed by atoms with Crippen LogP contribution in [0, 0.1) is 5.82 Å². The Balaban J connectivity index is 1.99. The van der Waals surface area contributed by atoms with Gasteiger partial charge in [0.15, 0.2) is 0 Å². The number of hydroxylamine groups is 2. The normalized spacial score (nSPS) is 18.0. The first-order valence-corrected chi connectivity index (χ1v) is 6.33. The molecule has 3 N–H and O–H groups in total. The number of nitrogens with two attached hydrogens (primary N) is 1. The third kappa shape index (κ3) is 3.42. The molecule has 1 aliphatic rings. The molecule has 0 radical (unpaired) electrons. The number of carbonyl (C=O) groups excluding carboxylic acids is 1. The number of carbonyl (C=O) groups is 1. The molecule has 2 rings (SSSR count). The molecule has 104 valence electrons. The molecule has 0 spiro atoms. The Kier molecular flexibility index (Phi) is 4.34. The summed E-state index contributed by atoms with van der Waals surface area (Å²) in [5.41, 5.74) is 6.27. The molecular weight excluding hydrogens is 249 g/mol. The van der Waals surface area contributed by atoms with Crippen molar-refractivity contribution < 1.29 is 14.0 Å². The Bertz CT molecular complexity index is 461. The number of nitrogens with one attached hydrogen (secondary N) is 1. The number of benzene rings is 1. The van der Waals surface area contributed by atoms with Gasteiger partial charge in [0, 0.05) is 6.54 Å². The molecule has 5 nitrogen and oxygen atoms in total. The van der Waals surface area contributed by atoms with E-state index in [-0.39, 0.29) is 11.6 Å². The van der Waals surface area contributed by atoms with Gasteiger partial charge in [0.25, 0.3) is 0 Å². The molecule has 19 heavy (non-hydrogen) atoms. The molecule has 1 saturated heterocycles. The van der Waals surface area contributed by atoms with E-state index in [1.54, 1.807) is 12.0 Å². The second-order valence-corrected chi connectivity index (χ2v) is 4.58. The van der Waals surface area contributed by atoms with Gasteiger partial charge in [-0.15, -0.1) is 0 Å². The zero-order chi connectivity index (χ0) is 13.8. The van der Waals surface area contributed by atoms with Crippen molar-refractivity contribution >= 4 is 17.3 Å². The molecule has 1 amide bonds. The van der Waals surface area contributed by atoms with Crippen molar-refractivity contribution in [2.45, 2.75) is 25.8 Å². The first kappa shape index (κ1) is 13.8. The van der Waals surface area contributed by atoms with Crippen LogP contribution in [0.25, 0.3) is 0 Å². The minimum atomic E-state index is -0.428. The number of hydrogen-bond acceptors (Lipinski definition) is 4. The molecule has 1 atom stereocenters. The highest BCUT2D eigenvalue weighted by Crippen LogP contribution is 2.20. The molecule has 0 bridgehead atoms. The highest BCUT2D eigenvalue weighted by molar-refractivity contribution is 5.96. The molecule has 0 aromatic heterocycles. The fourth-order valence-electron chi connectivity index (χ4n) is 1.94. The van der Waals surface area contributed by atoms with E-state index in [4.69, 9.17) is 10.6 Å². The predicted octanol–water partition coefficient (Wildman–Crippen LogP) is 1.76. The Morgan fingerprint density at radius 1 is 1.53 bits per heavy atom. The summed E-state index contributed by atoms with van der Waals surface area (Å²) in [6.45, 7) is 3.13. The van der Waals surface area contributed by atoms with Gasteiger partial charge in [-0.2, -0.15) is 5.06 Å². The van der Waals surface area contributed by atoms with Gasteiger partial charge in [-0.25, -0.2) is 4.39 Å². The van der Waals surface area contributed by atoms with Crippen molar-refractivity contribution in [2.24, 2.45) is 0 Å². The van der Waals surface area contributed by atoms with Crippen LogP contribution in [0.2, 0.25) is 0 Å². The van der Waals surface area contributed by atoms with Crippen LogP contribution >= 0.6 is 0 Å². The second kappa shape index (κ2) is 5.99. The Labute approximate surface area is 111 Å². The Morgan fingerprint density at radius 3 is 2.95 bits per heavy atom. The molecule has 1 aliphatic heterocycles. The summed E-state index contributed by atoms with van der Waals surface area (Å²) in [5.74, 6) is -0.650. The summed E-state index contributed by atoms with van der Waals surface area (Å²) in [4.78, 5) is 17.5. The number of hydrogen-bond donors (Lipinski definition) is 2. The van der Waals surface area contributed by atoms with E-state index < -0.39 is 11.9 Å². The first-order chi connectivity index (χ1) is 9.08. The molecule has 1 heterocycles. The van der Waals surface area contributed by atoms with E-state index >= 15 is 0 Å². The van der Waals surface area contributed by atoms with Crippen LogP contribution in [-0.2, 0) is 9.63 Å². The summed E-state index contributed by atoms with van der Waals surface area (Å²) in [6, 6.07) is 3.47. The largest absolute Gasteiger partial charge is 0.397 e. The van der Waals surface area contributed by atoms with Crippen LogP contribution in [-0.4, -0.2) is 30.2 Å². The number of rotatable bonds is 3. The van der Waals surface area contributed by atoms with Gasteiger partial charge >= 0.3 is 0 Å². The van der Waals surface area contributed by atoms with Gasteiger partial charge in [0.1, 0.15) is 11.9 Å². The van der Waals surface area contributed by atoms with Crippen LogP contribution < -0.4 is 11.1 Å². The maximum absolute atomic E-state index is 12.9. The van der Waals surface area contributed by atoms with Gasteiger partial charge in [-0.1, -0.05) is 0 Å². The molecule has 1 unspecified atom stereocenters. The van der Waals surface area contributed by atoms with Crippen molar-refractivity contribution in [3.8, 4) is 0 Å². The van der Waals surface area contributed by atoms with Crippen LogP contribution in [0.3, 0.4) is 0 Å². The van der Waals surface area contributed by atoms with E-state index in [9.17, 15) is 9.18 Å². The topological polar surface area (TPSA) is 67.6 Å². The number of nitrogen functional groups attached to an aromatic ring is 1. The minimum Gasteiger partial charge on any atom is -0.397 e. The first-order valence-electron chi connectivity index (χ1n) is 6.33. The maximum atomic E-state index is 12.9. The third-order valence-corrected chi connectivity index (χ3v) is 3.11. The third-order valence-electron chi connectivity index (χ3n) is 3.11. The zero-order valence-corrected chi connectivity index (χ0v) is 10.9. The van der Waals surface area contributed by atoms with E-state index in [0.29, 0.717) is 12.3 Å². The van der Waals surface area contributed by atoms with Crippen LogP contribution in [0.4, 0.5) is 15.8 Å². The number of anilines is 2. The fourth-order valence-corrected chi connectivity index (χ4v) is 1.94. The summed E-state index contributed by atoms with van der Waals surface area (Å²) < 4.78 is 12.9. The van der Waals surface area contributed by atoms with Crippen molar-refractivity contribution in [3.05, 3.63) is 24.0 Å².